The van der Waals surface area contributed by atoms with Crippen LogP contribution in [0, 0.1) is 27.7 Å². The molecule has 466 valence electrons. The van der Waals surface area contributed by atoms with Crippen molar-refractivity contribution in [1.82, 2.24) is 65.5 Å². The summed E-state index contributed by atoms with van der Waals surface area (Å²) in [4.78, 5) is 30.5. The zero-order chi connectivity index (χ0) is 66.1. The van der Waals surface area contributed by atoms with Crippen LogP contribution in [0.25, 0.3) is 99.9 Å². The Kier molecular flexibility index (Phi) is 19.8. The number of nitrogens with two attached hydrogens (primary N) is 3. The van der Waals surface area contributed by atoms with Gasteiger partial charge >= 0.3 is 7.12 Å². The van der Waals surface area contributed by atoms with Crippen LogP contribution in [0.4, 0.5) is 17.8 Å². The van der Waals surface area contributed by atoms with Gasteiger partial charge in [-0.2, -0.15) is 0 Å². The van der Waals surface area contributed by atoms with Crippen LogP contribution < -0.4 is 22.7 Å². The van der Waals surface area contributed by atoms with E-state index in [1.54, 1.807) is 12.4 Å². The van der Waals surface area contributed by atoms with Gasteiger partial charge < -0.3 is 26.5 Å². The third-order valence-electron chi connectivity index (χ3n) is 15.9. The molecule has 0 atom stereocenters. The molecule has 18 nitrogen and oxygen atoms in total. The molecule has 0 radical (unpaired) electrons. The highest BCUT2D eigenvalue weighted by molar-refractivity contribution is 9.10. The van der Waals surface area contributed by atoms with Crippen LogP contribution in [0.15, 0.2) is 222 Å². The van der Waals surface area contributed by atoms with Crippen molar-refractivity contribution < 1.29 is 9.31 Å². The monoisotopic (exact) mass is 1370 g/mol. The van der Waals surface area contributed by atoms with Crippen LogP contribution in [0.2, 0.25) is 0 Å². The lowest BCUT2D eigenvalue weighted by Gasteiger charge is -2.32. The summed E-state index contributed by atoms with van der Waals surface area (Å²) in [5, 5.41) is 28.4. The number of hydrogen-bond donors (Lipinski definition) is 3. The van der Waals surface area contributed by atoms with E-state index in [-0.39, 0.29) is 36.2 Å². The van der Waals surface area contributed by atoms with Gasteiger partial charge in [-0.25, -0.2) is 15.0 Å². The minimum Gasteiger partial charge on any atom is -0.399 e. The summed E-state index contributed by atoms with van der Waals surface area (Å²) >= 11 is 6.73. The van der Waals surface area contributed by atoms with Gasteiger partial charge in [-0.05, 0) is 160 Å². The number of pyridine rings is 4. The number of aromatic nitrogens is 13. The van der Waals surface area contributed by atoms with E-state index < -0.39 is 0 Å². The first kappa shape index (κ1) is 65.1. The molecule has 7 aromatic carbocycles. The third-order valence-corrected chi connectivity index (χ3v) is 16.8. The average molecular weight is 1370 g/mol. The van der Waals surface area contributed by atoms with Gasteiger partial charge in [0.1, 0.15) is 28.5 Å². The van der Waals surface area contributed by atoms with Gasteiger partial charge in [0, 0.05) is 78.6 Å². The lowest BCUT2D eigenvalue weighted by atomic mass is 9.77. The standard InChI is InChI=1S/2C19H15N5.C16H20BNO2.C10H8BrN.C9H7BrN4/c2*1-12-10-15(11-14-8-5-9-21-16(12)14)18-17(22-19(20)24-23-18)13-6-3-2-4-7-13;1-11-9-13(10-12-7-6-8-18-14(11)12)17-19-15(2,3)16(4,5)20-17;1-7-5-9(11)6-8-3-2-4-12-10(7)8;10-8-7(12-9(11)14-13-8)6-4-2-1-3-5-6/h2*2-11H,1H3,(H2,20,22,24);6-10H,1-5H3;2-6H,1H3;1-5H,(H2,11,12,14). The highest BCUT2D eigenvalue weighted by Crippen LogP contribution is 2.38. The first-order valence-corrected chi connectivity index (χ1v) is 31.6. The molecule has 6 N–H and O–H groups in total. The van der Waals surface area contributed by atoms with Crippen molar-refractivity contribution in [2.24, 2.45) is 0 Å². The summed E-state index contributed by atoms with van der Waals surface area (Å²) in [6.07, 6.45) is 7.25. The van der Waals surface area contributed by atoms with E-state index in [1.165, 1.54) is 10.9 Å². The van der Waals surface area contributed by atoms with Gasteiger partial charge in [-0.15, -0.1) is 30.6 Å². The number of nitrogen functional groups attached to an aromatic ring is 3. The van der Waals surface area contributed by atoms with Crippen molar-refractivity contribution in [3.8, 4) is 56.3 Å². The molecule has 21 heteroatoms. The molecule has 1 fully saturated rings. The van der Waals surface area contributed by atoms with Gasteiger partial charge in [0.05, 0.1) is 33.3 Å². The van der Waals surface area contributed by atoms with Gasteiger partial charge in [0.2, 0.25) is 17.8 Å². The predicted molar refractivity (Wildman–Crippen MR) is 384 cm³/mol. The fourth-order valence-corrected chi connectivity index (χ4v) is 11.6. The average Bonchev–Trinajstić information content (AvgIpc) is 1.50. The molecule has 14 aromatic rings. The van der Waals surface area contributed by atoms with Crippen LogP contribution in [0.5, 0.6) is 0 Å². The fourth-order valence-electron chi connectivity index (χ4n) is 10.6. The number of rotatable bonds is 6. The SMILES string of the molecule is Cc1cc(-c2nnc(N)nc2-c2ccccc2)cc2cccnc12.Cc1cc(-c2nnc(N)nc2-c2ccccc2)cc2cccnc12.Cc1cc(B2OC(C)(C)C(C)(C)O2)cc2cccnc12.Cc1cc(Br)cc2cccnc12.Nc1nnc(Br)c(-c2ccccc2)n1. The van der Waals surface area contributed by atoms with E-state index >= 15 is 0 Å². The van der Waals surface area contributed by atoms with E-state index in [1.807, 2.05) is 154 Å². The largest absolute Gasteiger partial charge is 0.494 e. The molecule has 1 saturated heterocycles. The Morgan fingerprint density at radius 2 is 0.681 bits per heavy atom. The van der Waals surface area contributed by atoms with Crippen molar-refractivity contribution in [3.05, 3.63) is 244 Å². The molecule has 0 spiro atoms. The zero-order valence-corrected chi connectivity index (χ0v) is 56.1. The summed E-state index contributed by atoms with van der Waals surface area (Å²) < 4.78 is 13.9. The van der Waals surface area contributed by atoms with Crippen molar-refractivity contribution in [2.75, 3.05) is 17.2 Å². The number of hydrogen-bond acceptors (Lipinski definition) is 18. The van der Waals surface area contributed by atoms with E-state index in [0.29, 0.717) is 21.7 Å². The van der Waals surface area contributed by atoms with Crippen LogP contribution in [0.1, 0.15) is 49.9 Å². The zero-order valence-electron chi connectivity index (χ0n) is 52.9. The normalized spacial score (nSPS) is 12.8. The van der Waals surface area contributed by atoms with E-state index in [9.17, 15) is 0 Å². The molecular weight excluding hydrogens is 1300 g/mol. The molecule has 1 aliphatic rings. The number of fused-ring (bicyclic) bond motifs is 4. The van der Waals surface area contributed by atoms with Crippen LogP contribution in [-0.2, 0) is 9.31 Å². The highest BCUT2D eigenvalue weighted by atomic mass is 79.9. The van der Waals surface area contributed by atoms with Crippen LogP contribution in [0.3, 0.4) is 0 Å². The molecule has 0 bridgehead atoms. The number of nitrogens with zero attached hydrogens (tertiary/aromatic N) is 13. The van der Waals surface area contributed by atoms with Crippen molar-refractivity contribution in [2.45, 2.75) is 66.6 Å². The maximum Gasteiger partial charge on any atom is 0.494 e. The Morgan fingerprint density at radius 3 is 1.10 bits per heavy atom. The van der Waals surface area contributed by atoms with Gasteiger partial charge in [-0.3, -0.25) is 19.9 Å². The highest BCUT2D eigenvalue weighted by Gasteiger charge is 2.51. The minimum absolute atomic E-state index is 0.164. The first-order valence-electron chi connectivity index (χ1n) is 30.0. The minimum atomic E-state index is -0.316. The van der Waals surface area contributed by atoms with Gasteiger partial charge in [0.25, 0.3) is 0 Å². The maximum absolute atomic E-state index is 6.11. The smallest absolute Gasteiger partial charge is 0.399 e. The second-order valence-electron chi connectivity index (χ2n) is 23.2. The van der Waals surface area contributed by atoms with Crippen LogP contribution in [-0.4, -0.2) is 83.8 Å². The quantitative estimate of drug-likeness (QED) is 0.131. The summed E-state index contributed by atoms with van der Waals surface area (Å²) in [6.45, 7) is 16.5. The second kappa shape index (κ2) is 28.6. The number of halogens is 2. The summed E-state index contributed by atoms with van der Waals surface area (Å²) in [7, 11) is -0.316. The predicted octanol–water partition coefficient (Wildman–Crippen LogP) is 15.3. The molecule has 1 aliphatic heterocycles. The van der Waals surface area contributed by atoms with Gasteiger partial charge in [-0.1, -0.05) is 143 Å². The van der Waals surface area contributed by atoms with Gasteiger partial charge in [0.15, 0.2) is 4.60 Å². The molecule has 8 heterocycles. The molecule has 0 unspecified atom stereocenters. The van der Waals surface area contributed by atoms with Crippen molar-refractivity contribution >= 4 is 106 Å². The Labute approximate surface area is 561 Å². The number of anilines is 3. The molecule has 15 rings (SSSR count). The van der Waals surface area contributed by atoms with Crippen molar-refractivity contribution in [1.29, 1.82) is 0 Å². The topological polar surface area (TPSA) is 264 Å². The van der Waals surface area contributed by atoms with Crippen LogP contribution >= 0.6 is 31.9 Å². The molecule has 0 saturated carbocycles. The van der Waals surface area contributed by atoms with E-state index in [0.717, 1.165) is 104 Å². The lowest BCUT2D eigenvalue weighted by molar-refractivity contribution is 0.00578. The summed E-state index contributed by atoms with van der Waals surface area (Å²) in [6, 6.07) is 62.0. The summed E-state index contributed by atoms with van der Waals surface area (Å²) in [5.74, 6) is 0.501. The lowest BCUT2D eigenvalue weighted by Crippen LogP contribution is -2.41. The van der Waals surface area contributed by atoms with Crippen molar-refractivity contribution in [3.63, 3.8) is 0 Å². The Bertz CT molecular complexity index is 4830. The Balaban J connectivity index is 0.000000123. The summed E-state index contributed by atoms with van der Waals surface area (Å²) in [5.41, 5.74) is 34.4. The number of aryl methyl sites for hydroxylation is 4. The van der Waals surface area contributed by atoms with E-state index in [2.05, 4.69) is 200 Å². The molecular formula is C73H65BBr2N16O2. The molecule has 0 amide bonds. The molecule has 7 aromatic heterocycles. The Hall–Kier alpha value is -10.4. The third kappa shape index (κ3) is 15.0. The molecule has 94 heavy (non-hydrogen) atoms. The maximum atomic E-state index is 6.11. The number of benzene rings is 7. The Morgan fingerprint density at radius 1 is 0.340 bits per heavy atom. The fraction of sp³-hybridized carbons (Fsp3) is 0.137. The second-order valence-corrected chi connectivity index (χ2v) is 24.8. The molecule has 0 aliphatic carbocycles. The van der Waals surface area contributed by atoms with E-state index in [4.69, 9.17) is 26.5 Å². The first-order chi connectivity index (χ1) is 45.3.